The summed E-state index contributed by atoms with van der Waals surface area (Å²) in [6.45, 7) is 7.63. The third-order valence-corrected chi connectivity index (χ3v) is 8.18. The number of pyridine rings is 1. The fraction of sp³-hybridized carbons (Fsp3) is 0.500. The van der Waals surface area contributed by atoms with E-state index >= 15 is 0 Å². The monoisotopic (exact) mass is 653 g/mol. The highest BCUT2D eigenvalue weighted by atomic mass is 16.4. The number of amides is 2. The SMILES string of the molecule is C[C@H](NC(=O)CN1CCN(C)CCN(CC(=O)N[C@@H](C)C(=O)O)CCN(Cc2ccc3c(=O)c4ccccc4oc3n2)CC1)C(=O)O. The molecule has 0 unspecified atom stereocenters. The summed E-state index contributed by atoms with van der Waals surface area (Å²) < 4.78 is 5.97. The van der Waals surface area contributed by atoms with Gasteiger partial charge in [0.05, 0.1) is 29.6 Å². The van der Waals surface area contributed by atoms with Gasteiger partial charge in [-0.1, -0.05) is 12.1 Å². The molecule has 15 nitrogen and oxygen atoms in total. The highest BCUT2D eigenvalue weighted by Gasteiger charge is 2.22. The first kappa shape index (κ1) is 35.4. The number of para-hydroxylation sites is 1. The van der Waals surface area contributed by atoms with Crippen molar-refractivity contribution >= 4 is 45.8 Å². The molecule has 0 radical (unpaired) electrons. The van der Waals surface area contributed by atoms with Crippen LogP contribution in [0.2, 0.25) is 0 Å². The molecule has 1 saturated heterocycles. The quantitative estimate of drug-likeness (QED) is 0.212. The second kappa shape index (κ2) is 16.4. The average Bonchev–Trinajstić information content (AvgIpc) is 3.02. The average molecular weight is 654 g/mol. The van der Waals surface area contributed by atoms with Crippen LogP contribution < -0.4 is 16.1 Å². The zero-order valence-electron chi connectivity index (χ0n) is 27.0. The Labute approximate surface area is 272 Å². The van der Waals surface area contributed by atoms with Gasteiger partial charge < -0.3 is 30.2 Å². The molecule has 1 aliphatic rings. The molecule has 0 saturated carbocycles. The molecule has 3 aromatic rings. The fourth-order valence-electron chi connectivity index (χ4n) is 5.25. The van der Waals surface area contributed by atoms with Crippen molar-refractivity contribution in [1.82, 2.24) is 35.2 Å². The number of rotatable bonds is 10. The first-order valence-electron chi connectivity index (χ1n) is 15.6. The maximum atomic E-state index is 13.0. The molecule has 1 aromatic carbocycles. The van der Waals surface area contributed by atoms with Crippen LogP contribution >= 0.6 is 0 Å². The number of aromatic nitrogens is 1. The number of hydrogen-bond acceptors (Lipinski definition) is 11. The Morgan fingerprint density at radius 2 is 1.28 bits per heavy atom. The van der Waals surface area contributed by atoms with E-state index in [0.29, 0.717) is 81.0 Å². The van der Waals surface area contributed by atoms with Crippen molar-refractivity contribution in [3.63, 3.8) is 0 Å². The molecular formula is C32H43N7O8. The second-order valence-corrected chi connectivity index (χ2v) is 12.0. The van der Waals surface area contributed by atoms with Gasteiger partial charge in [-0.05, 0) is 45.2 Å². The van der Waals surface area contributed by atoms with E-state index in [9.17, 15) is 34.2 Å². The summed E-state index contributed by atoms with van der Waals surface area (Å²) in [6, 6.07) is 8.49. The number of benzene rings is 1. The van der Waals surface area contributed by atoms with Crippen LogP contribution in [0.25, 0.3) is 22.1 Å². The van der Waals surface area contributed by atoms with Gasteiger partial charge in [0.2, 0.25) is 23.0 Å². The Kier molecular flexibility index (Phi) is 12.4. The lowest BCUT2D eigenvalue weighted by atomic mass is 10.2. The minimum atomic E-state index is -1.11. The van der Waals surface area contributed by atoms with Crippen LogP contribution in [0.15, 0.2) is 45.6 Å². The number of carbonyl (C=O) groups excluding carboxylic acids is 2. The number of fused-ring (bicyclic) bond motifs is 2. The lowest BCUT2D eigenvalue weighted by Crippen LogP contribution is -2.50. The van der Waals surface area contributed by atoms with E-state index in [1.54, 1.807) is 36.4 Å². The van der Waals surface area contributed by atoms with Gasteiger partial charge in [-0.15, -0.1) is 0 Å². The van der Waals surface area contributed by atoms with Crippen LogP contribution in [0.5, 0.6) is 0 Å². The summed E-state index contributed by atoms with van der Waals surface area (Å²) >= 11 is 0. The number of hydrogen-bond donors (Lipinski definition) is 4. The number of carboxylic acids is 2. The summed E-state index contributed by atoms with van der Waals surface area (Å²) in [7, 11) is 1.94. The molecule has 4 rings (SSSR count). The number of nitrogens with one attached hydrogen (secondary N) is 2. The molecule has 0 aliphatic carbocycles. The minimum Gasteiger partial charge on any atom is -0.480 e. The molecule has 2 amide bonds. The van der Waals surface area contributed by atoms with Crippen molar-refractivity contribution in [1.29, 1.82) is 0 Å². The van der Waals surface area contributed by atoms with E-state index in [2.05, 4.69) is 25.4 Å². The van der Waals surface area contributed by atoms with E-state index in [1.165, 1.54) is 13.8 Å². The highest BCUT2D eigenvalue weighted by molar-refractivity contribution is 5.88. The third kappa shape index (κ3) is 10.3. The van der Waals surface area contributed by atoms with E-state index in [1.807, 2.05) is 16.8 Å². The Bertz CT molecular complexity index is 1590. The molecule has 0 spiro atoms. The van der Waals surface area contributed by atoms with Gasteiger partial charge in [0, 0.05) is 58.9 Å². The van der Waals surface area contributed by atoms with Crippen LogP contribution in [0.3, 0.4) is 0 Å². The molecule has 1 aliphatic heterocycles. The normalized spacial score (nSPS) is 17.8. The van der Waals surface area contributed by atoms with Crippen LogP contribution in [-0.2, 0) is 25.7 Å². The van der Waals surface area contributed by atoms with Crippen molar-refractivity contribution in [2.75, 3.05) is 72.5 Å². The molecule has 0 bridgehead atoms. The smallest absolute Gasteiger partial charge is 0.325 e. The van der Waals surface area contributed by atoms with Crippen molar-refractivity contribution < 1.29 is 33.8 Å². The molecule has 1 fully saturated rings. The number of nitrogens with zero attached hydrogens (tertiary/aromatic N) is 5. The fourth-order valence-corrected chi connectivity index (χ4v) is 5.25. The van der Waals surface area contributed by atoms with Crippen molar-refractivity contribution in [2.45, 2.75) is 32.5 Å². The Morgan fingerprint density at radius 1 is 0.766 bits per heavy atom. The molecule has 254 valence electrons. The topological polar surface area (TPSA) is 189 Å². The van der Waals surface area contributed by atoms with Gasteiger partial charge in [0.15, 0.2) is 0 Å². The number of carbonyl (C=O) groups is 4. The zero-order valence-corrected chi connectivity index (χ0v) is 27.0. The number of likely N-dealkylation sites (N-methyl/N-ethyl adjacent to an activating group) is 1. The Morgan fingerprint density at radius 3 is 1.83 bits per heavy atom. The van der Waals surface area contributed by atoms with E-state index in [-0.39, 0.29) is 36.0 Å². The maximum Gasteiger partial charge on any atom is 0.325 e. The lowest BCUT2D eigenvalue weighted by Gasteiger charge is -2.33. The maximum absolute atomic E-state index is 13.0. The van der Waals surface area contributed by atoms with Crippen LogP contribution in [0, 0.1) is 0 Å². The standard InChI is InChI=1S/C32H43N7O8/c1-21(31(43)44)33-27(40)19-38-12-10-36(3)11-13-39(20-28(41)34-22(2)32(45)46)17-15-37(14-16-38)18-23-8-9-25-29(42)24-6-4-5-7-26(24)47-30(25)35-23/h4-9,21-22H,10-20H2,1-3H3,(H,33,40)(H,34,41)(H,43,44)(H,45,46)/t21-,22-/m0/s1. The Hall–Kier alpha value is -4.44. The van der Waals surface area contributed by atoms with Crippen molar-refractivity contribution in [2.24, 2.45) is 0 Å². The van der Waals surface area contributed by atoms with Crippen LogP contribution in [0.4, 0.5) is 0 Å². The summed E-state index contributed by atoms with van der Waals surface area (Å²) in [6.07, 6.45) is 0. The van der Waals surface area contributed by atoms with Gasteiger partial charge in [-0.25, -0.2) is 4.98 Å². The van der Waals surface area contributed by atoms with Crippen LogP contribution in [0.1, 0.15) is 19.5 Å². The Balaban J connectivity index is 1.54. The summed E-state index contributed by atoms with van der Waals surface area (Å²) in [4.78, 5) is 73.8. The van der Waals surface area contributed by atoms with Crippen LogP contribution in [-0.4, -0.2) is 143 Å². The number of aliphatic carboxylic acids is 2. The minimum absolute atomic E-state index is 0.0276. The second-order valence-electron chi connectivity index (χ2n) is 12.0. The zero-order chi connectivity index (χ0) is 34.1. The first-order chi connectivity index (χ1) is 22.4. The van der Waals surface area contributed by atoms with Gasteiger partial charge >= 0.3 is 11.9 Å². The van der Waals surface area contributed by atoms with E-state index < -0.39 is 24.0 Å². The summed E-state index contributed by atoms with van der Waals surface area (Å²) in [5.74, 6) is -2.99. The molecule has 47 heavy (non-hydrogen) atoms. The van der Waals surface area contributed by atoms with Gasteiger partial charge in [0.1, 0.15) is 17.7 Å². The summed E-state index contributed by atoms with van der Waals surface area (Å²) in [5.41, 5.74) is 1.19. The van der Waals surface area contributed by atoms with Crippen molar-refractivity contribution in [3.8, 4) is 0 Å². The lowest BCUT2D eigenvalue weighted by molar-refractivity contribution is -0.141. The molecule has 2 aromatic heterocycles. The molecular weight excluding hydrogens is 610 g/mol. The van der Waals surface area contributed by atoms with E-state index in [0.717, 1.165) is 0 Å². The molecule has 3 heterocycles. The highest BCUT2D eigenvalue weighted by Crippen LogP contribution is 2.18. The van der Waals surface area contributed by atoms with Gasteiger partial charge in [0.25, 0.3) is 0 Å². The number of carboxylic acid groups (broad SMARTS) is 2. The predicted molar refractivity (Wildman–Crippen MR) is 174 cm³/mol. The third-order valence-electron chi connectivity index (χ3n) is 8.18. The van der Waals surface area contributed by atoms with Gasteiger partial charge in [-0.2, -0.15) is 0 Å². The van der Waals surface area contributed by atoms with Gasteiger partial charge in [-0.3, -0.25) is 38.7 Å². The summed E-state index contributed by atoms with van der Waals surface area (Å²) in [5, 5.41) is 24.3. The predicted octanol–water partition coefficient (Wildman–Crippen LogP) is -0.129. The molecule has 15 heteroatoms. The first-order valence-corrected chi connectivity index (χ1v) is 15.6. The molecule has 2 atom stereocenters. The van der Waals surface area contributed by atoms with Crippen molar-refractivity contribution in [3.05, 3.63) is 52.3 Å². The molecule has 4 N–H and O–H groups in total. The van der Waals surface area contributed by atoms with E-state index in [4.69, 9.17) is 4.42 Å². The largest absolute Gasteiger partial charge is 0.480 e.